The molecule has 1 aliphatic heterocycles. The molecule has 5 nitrogen and oxygen atoms in total. The minimum absolute atomic E-state index is 0.0981. The zero-order valence-corrected chi connectivity index (χ0v) is 14.5. The molecule has 0 atom stereocenters. The van der Waals surface area contributed by atoms with E-state index in [4.69, 9.17) is 14.2 Å². The van der Waals surface area contributed by atoms with Gasteiger partial charge in [0, 0.05) is 10.9 Å². The van der Waals surface area contributed by atoms with Crippen LogP contribution in [0.2, 0.25) is 0 Å². The van der Waals surface area contributed by atoms with E-state index < -0.39 is 5.97 Å². The van der Waals surface area contributed by atoms with Crippen LogP contribution < -0.4 is 0 Å². The third kappa shape index (κ3) is 3.94. The summed E-state index contributed by atoms with van der Waals surface area (Å²) in [5.41, 5.74) is 3.08. The fourth-order valence-electron chi connectivity index (χ4n) is 2.20. The van der Waals surface area contributed by atoms with Gasteiger partial charge in [0.15, 0.2) is 0 Å². The number of rotatable bonds is 5. The van der Waals surface area contributed by atoms with Gasteiger partial charge >= 0.3 is 5.97 Å². The molecule has 0 saturated carbocycles. The van der Waals surface area contributed by atoms with Crippen molar-refractivity contribution in [3.05, 3.63) is 52.9 Å². The van der Waals surface area contributed by atoms with E-state index in [-0.39, 0.29) is 12.4 Å². The first-order valence-electron chi connectivity index (χ1n) is 7.80. The highest BCUT2D eigenvalue weighted by Gasteiger charge is 2.17. The lowest BCUT2D eigenvalue weighted by Crippen LogP contribution is -2.17. The van der Waals surface area contributed by atoms with Crippen molar-refractivity contribution in [3.63, 3.8) is 0 Å². The average Bonchev–Trinajstić information content (AvgIpc) is 3.09. The molecule has 3 rings (SSSR count). The number of carbonyl (C=O) groups excluding carboxylic acids is 1. The Balaban J connectivity index is 1.61. The summed E-state index contributed by atoms with van der Waals surface area (Å²) < 4.78 is 15.4. The van der Waals surface area contributed by atoms with Crippen LogP contribution in [0.1, 0.15) is 31.0 Å². The molecule has 0 N–H and O–H groups in total. The second-order valence-corrected chi connectivity index (χ2v) is 6.56. The fourth-order valence-corrected chi connectivity index (χ4v) is 3.01. The summed E-state index contributed by atoms with van der Waals surface area (Å²) in [6, 6.07) is 8.38. The molecule has 1 aliphatic rings. The van der Waals surface area contributed by atoms with Crippen LogP contribution >= 0.6 is 11.3 Å². The maximum atomic E-state index is 11.8. The van der Waals surface area contributed by atoms with Crippen molar-refractivity contribution in [2.45, 2.75) is 26.4 Å². The molecule has 24 heavy (non-hydrogen) atoms. The van der Waals surface area contributed by atoms with Crippen molar-refractivity contribution < 1.29 is 19.0 Å². The molecule has 0 radical (unpaired) electrons. The Hall–Kier alpha value is -2.34. The number of ether oxygens (including phenoxy) is 3. The number of benzene rings is 1. The van der Waals surface area contributed by atoms with E-state index in [2.05, 4.69) is 43.1 Å². The quantitative estimate of drug-likeness (QED) is 0.770. The van der Waals surface area contributed by atoms with Gasteiger partial charge in [0.05, 0.1) is 5.69 Å². The zero-order valence-electron chi connectivity index (χ0n) is 13.7. The van der Waals surface area contributed by atoms with Gasteiger partial charge in [-0.1, -0.05) is 38.1 Å². The minimum Gasteiger partial charge on any atom is -0.493 e. The smallest absolute Gasteiger partial charge is 0.377 e. The number of nitrogens with zero attached hydrogens (tertiary/aromatic N) is 1. The average molecular weight is 345 g/mol. The van der Waals surface area contributed by atoms with Crippen LogP contribution in [0.25, 0.3) is 10.6 Å². The number of thiazole rings is 1. The lowest BCUT2D eigenvalue weighted by molar-refractivity contribution is -0.146. The first kappa shape index (κ1) is 16.5. The third-order valence-corrected chi connectivity index (χ3v) is 4.52. The first-order chi connectivity index (χ1) is 11.6. The Labute approximate surface area is 144 Å². The van der Waals surface area contributed by atoms with Crippen LogP contribution in [0.3, 0.4) is 0 Å². The van der Waals surface area contributed by atoms with Crippen LogP contribution in [0.4, 0.5) is 0 Å². The van der Waals surface area contributed by atoms with Crippen LogP contribution in [0, 0.1) is 0 Å². The molecule has 0 fully saturated rings. The molecule has 0 spiro atoms. The van der Waals surface area contributed by atoms with E-state index in [0.29, 0.717) is 24.8 Å². The lowest BCUT2D eigenvalue weighted by Gasteiger charge is -2.13. The van der Waals surface area contributed by atoms with E-state index in [9.17, 15) is 4.79 Å². The topological polar surface area (TPSA) is 57.7 Å². The van der Waals surface area contributed by atoms with Crippen LogP contribution in [-0.2, 0) is 25.6 Å². The van der Waals surface area contributed by atoms with Gasteiger partial charge in [-0.15, -0.1) is 11.3 Å². The van der Waals surface area contributed by atoms with Crippen molar-refractivity contribution in [1.29, 1.82) is 0 Å². The summed E-state index contributed by atoms with van der Waals surface area (Å²) >= 11 is 1.53. The summed E-state index contributed by atoms with van der Waals surface area (Å²) in [5.74, 6) is 0.0668. The van der Waals surface area contributed by atoms with Gasteiger partial charge in [-0.3, -0.25) is 0 Å². The predicted octanol–water partition coefficient (Wildman–Crippen LogP) is 3.86. The van der Waals surface area contributed by atoms with E-state index in [1.54, 1.807) is 0 Å². The van der Waals surface area contributed by atoms with Crippen LogP contribution in [0.15, 0.2) is 41.7 Å². The SMILES string of the molecule is CC(C)c1ccc(-c2nc(COC(=O)C3=COCCO3)cs2)cc1. The largest absolute Gasteiger partial charge is 0.493 e. The van der Waals surface area contributed by atoms with Gasteiger partial charge in [-0.05, 0) is 11.5 Å². The highest BCUT2D eigenvalue weighted by Crippen LogP contribution is 2.26. The molecule has 0 unspecified atom stereocenters. The van der Waals surface area contributed by atoms with Gasteiger partial charge in [0.2, 0.25) is 5.76 Å². The molecule has 0 bridgehead atoms. The number of carbonyl (C=O) groups is 1. The Morgan fingerprint density at radius 2 is 2.08 bits per heavy atom. The molecular weight excluding hydrogens is 326 g/mol. The van der Waals surface area contributed by atoms with E-state index in [1.165, 1.54) is 23.2 Å². The number of hydrogen-bond donors (Lipinski definition) is 0. The zero-order chi connectivity index (χ0) is 16.9. The second-order valence-electron chi connectivity index (χ2n) is 5.70. The normalized spacial score (nSPS) is 13.9. The Morgan fingerprint density at radius 1 is 1.29 bits per heavy atom. The summed E-state index contributed by atoms with van der Waals surface area (Å²) in [5, 5.41) is 2.80. The van der Waals surface area contributed by atoms with Crippen LogP contribution in [-0.4, -0.2) is 24.2 Å². The van der Waals surface area contributed by atoms with E-state index >= 15 is 0 Å². The molecule has 0 saturated heterocycles. The highest BCUT2D eigenvalue weighted by molar-refractivity contribution is 7.13. The second kappa shape index (κ2) is 7.49. The van der Waals surface area contributed by atoms with Crippen molar-refractivity contribution in [3.8, 4) is 10.6 Å². The van der Waals surface area contributed by atoms with Crippen LogP contribution in [0.5, 0.6) is 0 Å². The van der Waals surface area contributed by atoms with Gasteiger partial charge in [0.1, 0.15) is 31.1 Å². The minimum atomic E-state index is -0.537. The van der Waals surface area contributed by atoms with Crippen molar-refractivity contribution in [1.82, 2.24) is 4.98 Å². The lowest BCUT2D eigenvalue weighted by atomic mass is 10.0. The summed E-state index contributed by atoms with van der Waals surface area (Å²) in [6.07, 6.45) is 1.29. The highest BCUT2D eigenvalue weighted by atomic mass is 32.1. The summed E-state index contributed by atoms with van der Waals surface area (Å²) in [7, 11) is 0. The first-order valence-corrected chi connectivity index (χ1v) is 8.68. The maximum Gasteiger partial charge on any atom is 0.377 e. The van der Waals surface area contributed by atoms with Crippen molar-refractivity contribution in [2.75, 3.05) is 13.2 Å². The molecule has 1 aromatic carbocycles. The van der Waals surface area contributed by atoms with Crippen molar-refractivity contribution in [2.24, 2.45) is 0 Å². The molecule has 0 amide bonds. The summed E-state index contributed by atoms with van der Waals surface area (Å²) in [6.45, 7) is 5.25. The third-order valence-electron chi connectivity index (χ3n) is 3.58. The molecule has 0 aliphatic carbocycles. The summed E-state index contributed by atoms with van der Waals surface area (Å²) in [4.78, 5) is 16.4. The number of aromatic nitrogens is 1. The molecule has 2 aromatic rings. The van der Waals surface area contributed by atoms with Gasteiger partial charge in [-0.2, -0.15) is 0 Å². The molecule has 6 heteroatoms. The monoisotopic (exact) mass is 345 g/mol. The van der Waals surface area contributed by atoms with E-state index in [1.807, 2.05) is 5.38 Å². The molecule has 126 valence electrons. The molecule has 2 heterocycles. The number of esters is 1. The fraction of sp³-hybridized carbons (Fsp3) is 0.333. The van der Waals surface area contributed by atoms with Crippen molar-refractivity contribution >= 4 is 17.3 Å². The predicted molar refractivity (Wildman–Crippen MR) is 91.4 cm³/mol. The van der Waals surface area contributed by atoms with Gasteiger partial charge in [-0.25, -0.2) is 9.78 Å². The van der Waals surface area contributed by atoms with E-state index in [0.717, 1.165) is 10.6 Å². The standard InChI is InChI=1S/C18H19NO4S/c1-12(2)13-3-5-14(6-4-13)17-19-15(11-24-17)9-23-18(20)16-10-21-7-8-22-16/h3-6,10-12H,7-9H2,1-2H3. The number of hydrogen-bond acceptors (Lipinski definition) is 6. The van der Waals surface area contributed by atoms with Gasteiger partial charge < -0.3 is 14.2 Å². The Morgan fingerprint density at radius 3 is 2.75 bits per heavy atom. The Bertz CT molecular complexity index is 734. The molecular formula is C18H19NO4S. The maximum absolute atomic E-state index is 11.8. The molecule has 1 aromatic heterocycles. The Kier molecular flexibility index (Phi) is 5.15. The van der Waals surface area contributed by atoms with Gasteiger partial charge in [0.25, 0.3) is 0 Å².